The molecule has 29 heavy (non-hydrogen) atoms. The van der Waals surface area contributed by atoms with Crippen molar-refractivity contribution in [2.24, 2.45) is 0 Å². The number of nitrogens with zero attached hydrogens (tertiary/aromatic N) is 2. The highest BCUT2D eigenvalue weighted by Gasteiger charge is 2.31. The zero-order valence-electron chi connectivity index (χ0n) is 17.9. The normalized spacial score (nSPS) is 18.3. The van der Waals surface area contributed by atoms with Gasteiger partial charge in [0.1, 0.15) is 5.75 Å². The van der Waals surface area contributed by atoms with Gasteiger partial charge in [0.05, 0.1) is 25.2 Å². The average molecular weight is 419 g/mol. The zero-order valence-corrected chi connectivity index (χ0v) is 18.7. The molecule has 0 radical (unpaired) electrons. The number of ketones is 1. The van der Waals surface area contributed by atoms with Crippen molar-refractivity contribution in [2.45, 2.75) is 39.8 Å². The number of aromatic nitrogens is 1. The van der Waals surface area contributed by atoms with Crippen molar-refractivity contribution in [3.63, 3.8) is 0 Å². The zero-order chi connectivity index (χ0) is 21.3. The second kappa shape index (κ2) is 8.32. The van der Waals surface area contributed by atoms with E-state index in [9.17, 15) is 13.2 Å². The summed E-state index contributed by atoms with van der Waals surface area (Å²) in [6.45, 7) is 6.78. The molecule has 0 bridgehead atoms. The summed E-state index contributed by atoms with van der Waals surface area (Å²) in [5, 5.41) is 0. The fraction of sp³-hybridized carbons (Fsp3) is 0.500. The Morgan fingerprint density at radius 2 is 1.97 bits per heavy atom. The van der Waals surface area contributed by atoms with E-state index in [1.807, 2.05) is 55.5 Å². The van der Waals surface area contributed by atoms with Gasteiger partial charge in [0.15, 0.2) is 15.6 Å². The fourth-order valence-electron chi connectivity index (χ4n) is 4.31. The van der Waals surface area contributed by atoms with Gasteiger partial charge in [-0.05, 0) is 46.4 Å². The third kappa shape index (κ3) is 4.73. The highest BCUT2D eigenvalue weighted by molar-refractivity contribution is 7.91. The molecule has 1 fully saturated rings. The summed E-state index contributed by atoms with van der Waals surface area (Å²) in [5.74, 6) is 1.23. The van der Waals surface area contributed by atoms with Crippen LogP contribution in [0.3, 0.4) is 0 Å². The molecule has 7 heteroatoms. The lowest BCUT2D eigenvalue weighted by atomic mass is 10.1. The first-order valence-electron chi connectivity index (χ1n) is 9.85. The van der Waals surface area contributed by atoms with Gasteiger partial charge in [-0.15, -0.1) is 0 Å². The molecule has 158 valence electrons. The summed E-state index contributed by atoms with van der Waals surface area (Å²) < 4.78 is 31.2. The van der Waals surface area contributed by atoms with Crippen molar-refractivity contribution in [2.75, 3.05) is 32.2 Å². The molecule has 0 aliphatic carbocycles. The topological polar surface area (TPSA) is 68.6 Å². The Balaban J connectivity index is 1.74. The standard InChI is InChI=1S/C22H30N2O4S/c1-15-6-7-22(28-5)18(10-15)12-23(4)13-21(25)20-11-16(2)24(17(20)3)19-8-9-29(26,27)14-19/h6-7,10-11,19H,8-9,12-14H2,1-5H3. The number of hydrogen-bond acceptors (Lipinski definition) is 5. The van der Waals surface area contributed by atoms with Gasteiger partial charge in [-0.2, -0.15) is 0 Å². The van der Waals surface area contributed by atoms with Crippen molar-refractivity contribution < 1.29 is 17.9 Å². The van der Waals surface area contributed by atoms with Crippen molar-refractivity contribution in [3.8, 4) is 5.75 Å². The van der Waals surface area contributed by atoms with Crippen LogP contribution in [-0.2, 0) is 16.4 Å². The highest BCUT2D eigenvalue weighted by atomic mass is 32.2. The number of methoxy groups -OCH3 is 1. The molecule has 1 aromatic carbocycles. The summed E-state index contributed by atoms with van der Waals surface area (Å²) in [4.78, 5) is 15.0. The van der Waals surface area contributed by atoms with Crippen LogP contribution in [0.4, 0.5) is 0 Å². The molecule has 1 saturated heterocycles. The molecule has 0 saturated carbocycles. The van der Waals surface area contributed by atoms with Gasteiger partial charge in [-0.1, -0.05) is 17.7 Å². The van der Waals surface area contributed by atoms with Crippen LogP contribution in [0.25, 0.3) is 0 Å². The maximum absolute atomic E-state index is 13.0. The Labute approximate surface area is 173 Å². The molecule has 0 N–H and O–H groups in total. The number of aryl methyl sites for hydroxylation is 2. The van der Waals surface area contributed by atoms with Crippen LogP contribution >= 0.6 is 0 Å². The fourth-order valence-corrected chi connectivity index (χ4v) is 6.01. The molecule has 0 amide bonds. The lowest BCUT2D eigenvalue weighted by molar-refractivity contribution is 0.0941. The van der Waals surface area contributed by atoms with Crippen molar-refractivity contribution in [3.05, 3.63) is 52.3 Å². The van der Waals surface area contributed by atoms with Crippen molar-refractivity contribution in [1.82, 2.24) is 9.47 Å². The number of hydrogen-bond donors (Lipinski definition) is 0. The minimum atomic E-state index is -2.98. The second-order valence-corrected chi connectivity index (χ2v) is 10.4. The van der Waals surface area contributed by atoms with Gasteiger partial charge in [0.2, 0.25) is 0 Å². The minimum absolute atomic E-state index is 0.0410. The number of carbonyl (C=O) groups excluding carboxylic acids is 1. The third-order valence-corrected chi connectivity index (χ3v) is 7.40. The lowest BCUT2D eigenvalue weighted by Crippen LogP contribution is -2.26. The van der Waals surface area contributed by atoms with Crippen LogP contribution in [0.2, 0.25) is 0 Å². The van der Waals surface area contributed by atoms with Crippen molar-refractivity contribution in [1.29, 1.82) is 0 Å². The number of benzene rings is 1. The van der Waals surface area contributed by atoms with E-state index in [0.29, 0.717) is 18.5 Å². The monoisotopic (exact) mass is 418 g/mol. The van der Waals surface area contributed by atoms with Gasteiger partial charge < -0.3 is 9.30 Å². The molecule has 3 rings (SSSR count). The second-order valence-electron chi connectivity index (χ2n) is 8.12. The predicted molar refractivity (Wildman–Crippen MR) is 115 cm³/mol. The van der Waals surface area contributed by atoms with Crippen LogP contribution in [0.15, 0.2) is 24.3 Å². The summed E-state index contributed by atoms with van der Waals surface area (Å²) in [6.07, 6.45) is 0.610. The molecular weight excluding hydrogens is 388 g/mol. The van der Waals surface area contributed by atoms with Gasteiger partial charge in [0, 0.05) is 35.1 Å². The Bertz CT molecular complexity index is 1020. The SMILES string of the molecule is COc1ccc(C)cc1CN(C)CC(=O)c1cc(C)n(C2CCS(=O)(=O)C2)c1C. The van der Waals surface area contributed by atoms with E-state index in [-0.39, 0.29) is 29.9 Å². The highest BCUT2D eigenvalue weighted by Crippen LogP contribution is 2.29. The smallest absolute Gasteiger partial charge is 0.178 e. The number of ether oxygens (including phenoxy) is 1. The van der Waals surface area contributed by atoms with Crippen LogP contribution in [0, 0.1) is 20.8 Å². The lowest BCUT2D eigenvalue weighted by Gasteiger charge is -2.19. The van der Waals surface area contributed by atoms with Gasteiger partial charge in [0.25, 0.3) is 0 Å². The minimum Gasteiger partial charge on any atom is -0.496 e. The number of likely N-dealkylation sites (N-methyl/N-ethyl adjacent to an activating group) is 1. The number of rotatable bonds is 7. The molecule has 6 nitrogen and oxygen atoms in total. The van der Waals surface area contributed by atoms with E-state index in [1.165, 1.54) is 0 Å². The van der Waals surface area contributed by atoms with Gasteiger partial charge in [-0.25, -0.2) is 8.42 Å². The Morgan fingerprint density at radius 3 is 2.59 bits per heavy atom. The Hall–Kier alpha value is -2.12. The number of sulfone groups is 1. The predicted octanol–water partition coefficient (Wildman–Crippen LogP) is 3.10. The first kappa shape index (κ1) is 21.6. The summed E-state index contributed by atoms with van der Waals surface area (Å²) in [7, 11) is 0.591. The Morgan fingerprint density at radius 1 is 1.24 bits per heavy atom. The number of carbonyl (C=O) groups is 1. The van der Waals surface area contributed by atoms with Gasteiger partial charge >= 0.3 is 0 Å². The van der Waals surface area contributed by atoms with E-state index in [1.54, 1.807) is 7.11 Å². The molecule has 1 atom stereocenters. The van der Waals surface area contributed by atoms with Crippen LogP contribution in [0.5, 0.6) is 5.75 Å². The molecule has 1 aliphatic heterocycles. The average Bonchev–Trinajstić information content (AvgIpc) is 3.13. The quantitative estimate of drug-likeness (QED) is 0.647. The summed E-state index contributed by atoms with van der Waals surface area (Å²) >= 11 is 0. The maximum atomic E-state index is 13.0. The first-order valence-corrected chi connectivity index (χ1v) is 11.7. The maximum Gasteiger partial charge on any atom is 0.178 e. The van der Waals surface area contributed by atoms with Crippen molar-refractivity contribution >= 4 is 15.6 Å². The third-order valence-electron chi connectivity index (χ3n) is 5.65. The molecule has 2 aromatic rings. The molecule has 1 aliphatic rings. The van der Waals surface area contributed by atoms with Crippen LogP contribution < -0.4 is 4.74 Å². The van der Waals surface area contributed by atoms with Crippen LogP contribution in [0.1, 0.15) is 45.3 Å². The molecular formula is C22H30N2O4S. The van der Waals surface area contributed by atoms with E-state index in [4.69, 9.17) is 4.74 Å². The van der Waals surface area contributed by atoms with E-state index in [0.717, 1.165) is 28.3 Å². The van der Waals surface area contributed by atoms with E-state index < -0.39 is 9.84 Å². The first-order chi connectivity index (χ1) is 13.6. The van der Waals surface area contributed by atoms with E-state index >= 15 is 0 Å². The van der Waals surface area contributed by atoms with E-state index in [2.05, 4.69) is 6.07 Å². The Kier molecular flexibility index (Phi) is 6.19. The van der Waals surface area contributed by atoms with Crippen LogP contribution in [-0.4, -0.2) is 55.9 Å². The molecule has 2 heterocycles. The largest absolute Gasteiger partial charge is 0.496 e. The van der Waals surface area contributed by atoms with Gasteiger partial charge in [-0.3, -0.25) is 9.69 Å². The summed E-state index contributed by atoms with van der Waals surface area (Å²) in [6, 6.07) is 7.85. The molecule has 1 unspecified atom stereocenters. The molecule has 0 spiro atoms. The number of Topliss-reactive ketones (excluding diaryl/α,β-unsaturated/α-hetero) is 1. The summed E-state index contributed by atoms with van der Waals surface area (Å²) in [5.41, 5.74) is 4.67. The molecule has 1 aromatic heterocycles.